The zero-order chi connectivity index (χ0) is 26.9. The lowest BCUT2D eigenvalue weighted by molar-refractivity contribution is -0.270. The number of ether oxygens (including phenoxy) is 1. The van der Waals surface area contributed by atoms with Gasteiger partial charge in [-0.25, -0.2) is 0 Å². The van der Waals surface area contributed by atoms with Crippen molar-refractivity contribution in [2.75, 3.05) is 6.61 Å². The van der Waals surface area contributed by atoms with Crippen molar-refractivity contribution in [1.82, 2.24) is 0 Å². The minimum absolute atomic E-state index is 0.00510. The topological polar surface area (TPSA) is 69.9 Å². The summed E-state index contributed by atoms with van der Waals surface area (Å²) in [6, 6.07) is 0. The molecule has 208 valence electrons. The fraction of sp³-hybridized carbons (Fsp3) is 0.938. The van der Waals surface area contributed by atoms with E-state index in [0.717, 1.165) is 58.0 Å². The van der Waals surface area contributed by atoms with Gasteiger partial charge >= 0.3 is 0 Å². The van der Waals surface area contributed by atoms with Crippen molar-refractivity contribution in [3.05, 3.63) is 11.6 Å². The molecule has 0 aromatic heterocycles. The molecular weight excluding hydrogens is 448 g/mol. The Morgan fingerprint density at radius 2 is 1.64 bits per heavy atom. The minimum Gasteiger partial charge on any atom is -0.393 e. The quantitative estimate of drug-likeness (QED) is 0.360. The van der Waals surface area contributed by atoms with Crippen LogP contribution in [-0.4, -0.2) is 45.8 Å². The van der Waals surface area contributed by atoms with E-state index in [1.54, 1.807) is 0 Å². The van der Waals surface area contributed by atoms with E-state index in [1.807, 2.05) is 0 Å². The number of hydrogen-bond donors (Lipinski definition) is 3. The normalized spacial score (nSPS) is 48.8. The third-order valence-electron chi connectivity index (χ3n) is 12.6. The molecule has 4 nitrogen and oxygen atoms in total. The average molecular weight is 505 g/mol. The van der Waals surface area contributed by atoms with Crippen LogP contribution in [0.3, 0.4) is 0 Å². The van der Waals surface area contributed by atoms with Gasteiger partial charge in [-0.2, -0.15) is 0 Å². The van der Waals surface area contributed by atoms with Gasteiger partial charge in [-0.1, -0.05) is 46.3 Å². The summed E-state index contributed by atoms with van der Waals surface area (Å²) in [5.74, 6) is 1.07. The van der Waals surface area contributed by atoms with Gasteiger partial charge in [0, 0.05) is 6.61 Å². The Balaban J connectivity index is 1.62. The first-order valence-electron chi connectivity index (χ1n) is 14.9. The molecule has 10 atom stereocenters. The van der Waals surface area contributed by atoms with Crippen molar-refractivity contribution >= 4 is 0 Å². The van der Waals surface area contributed by atoms with Gasteiger partial charge in [-0.05, 0) is 124 Å². The number of hydrogen-bond acceptors (Lipinski definition) is 4. The largest absolute Gasteiger partial charge is 0.393 e. The molecule has 0 spiro atoms. The molecule has 3 N–H and O–H groups in total. The number of rotatable bonds is 6. The van der Waals surface area contributed by atoms with Crippen LogP contribution in [0.1, 0.15) is 114 Å². The van der Waals surface area contributed by atoms with Crippen molar-refractivity contribution < 1.29 is 20.1 Å². The third kappa shape index (κ3) is 4.16. The molecule has 0 heterocycles. The maximum absolute atomic E-state index is 11.8. The van der Waals surface area contributed by atoms with Gasteiger partial charge in [-0.3, -0.25) is 0 Å². The molecule has 0 bridgehead atoms. The molecule has 4 aliphatic rings. The zero-order valence-corrected chi connectivity index (χ0v) is 24.7. The predicted molar refractivity (Wildman–Crippen MR) is 146 cm³/mol. The lowest BCUT2D eigenvalue weighted by Gasteiger charge is -2.71. The minimum atomic E-state index is -0.412. The lowest BCUT2D eigenvalue weighted by Crippen LogP contribution is -2.69. The number of aliphatic hydroxyl groups excluding tert-OH is 3. The van der Waals surface area contributed by atoms with Gasteiger partial charge < -0.3 is 20.1 Å². The number of allylic oxidation sites excluding steroid dienone is 2. The summed E-state index contributed by atoms with van der Waals surface area (Å²) in [4.78, 5) is 0. The van der Waals surface area contributed by atoms with Crippen molar-refractivity contribution in [3.8, 4) is 0 Å². The van der Waals surface area contributed by atoms with Crippen LogP contribution < -0.4 is 0 Å². The molecule has 0 aliphatic heterocycles. The van der Waals surface area contributed by atoms with Gasteiger partial charge in [0.25, 0.3) is 0 Å². The second-order valence-electron chi connectivity index (χ2n) is 15.2. The molecule has 36 heavy (non-hydrogen) atoms. The first-order valence-corrected chi connectivity index (χ1v) is 14.9. The van der Waals surface area contributed by atoms with Gasteiger partial charge in [0.1, 0.15) is 0 Å². The highest BCUT2D eigenvalue weighted by molar-refractivity contribution is 5.23. The Bertz CT molecular complexity index is 847. The van der Waals surface area contributed by atoms with Crippen LogP contribution in [-0.2, 0) is 4.74 Å². The molecular formula is C32H56O4. The summed E-state index contributed by atoms with van der Waals surface area (Å²) in [5, 5.41) is 34.5. The summed E-state index contributed by atoms with van der Waals surface area (Å²) >= 11 is 0. The van der Waals surface area contributed by atoms with Crippen LogP contribution >= 0.6 is 0 Å². The van der Waals surface area contributed by atoms with Crippen molar-refractivity contribution in [3.63, 3.8) is 0 Å². The van der Waals surface area contributed by atoms with Crippen LogP contribution in [0.15, 0.2) is 11.6 Å². The molecule has 4 aliphatic carbocycles. The first kappa shape index (κ1) is 28.6. The SMILES string of the molecule is CCOC(C)(C)CC/C=C(\C)[C@H]1CC[C@]2(C)[C@@H]1[C@H](O)C[C@@H]1[C@@]3(C)CC[C@H](O)C(C)(C)[C@@H]3[C@@H](O)C[C@]12C. The van der Waals surface area contributed by atoms with Crippen molar-refractivity contribution in [2.45, 2.75) is 138 Å². The van der Waals surface area contributed by atoms with Gasteiger partial charge in [-0.15, -0.1) is 0 Å². The Kier molecular flexibility index (Phi) is 7.42. The van der Waals surface area contributed by atoms with E-state index >= 15 is 0 Å². The van der Waals surface area contributed by atoms with E-state index in [-0.39, 0.29) is 51.3 Å². The summed E-state index contributed by atoms with van der Waals surface area (Å²) in [7, 11) is 0. The van der Waals surface area contributed by atoms with Gasteiger partial charge in [0.05, 0.1) is 23.9 Å². The molecule has 0 amide bonds. The molecule has 0 aromatic carbocycles. The van der Waals surface area contributed by atoms with E-state index in [0.29, 0.717) is 11.8 Å². The van der Waals surface area contributed by atoms with E-state index in [4.69, 9.17) is 4.74 Å². The van der Waals surface area contributed by atoms with Crippen LogP contribution in [0.5, 0.6) is 0 Å². The molecule has 0 unspecified atom stereocenters. The summed E-state index contributed by atoms with van der Waals surface area (Å²) in [5.41, 5.74) is 0.911. The molecule has 4 fully saturated rings. The Hall–Kier alpha value is -0.420. The molecule has 4 rings (SSSR count). The van der Waals surface area contributed by atoms with E-state index in [2.05, 4.69) is 68.4 Å². The van der Waals surface area contributed by atoms with E-state index in [1.165, 1.54) is 5.57 Å². The first-order chi connectivity index (χ1) is 16.5. The number of aliphatic hydroxyl groups is 3. The molecule has 0 radical (unpaired) electrons. The Labute approximate surface area is 221 Å². The standard InChI is InChI=1S/C32H56O4/c1-10-36-28(3,4)15-11-12-20(2)21-13-17-31(8)26(21)22(33)18-24-30(7)16-14-25(35)29(5,6)27(30)23(34)19-32(24,31)9/h12,21-27,33-35H,10-11,13-19H2,1-9H3/b20-12+/t21-,22-,23+,24-,25+,26+,27+,30-,31-,32-/m1/s1. The fourth-order valence-corrected chi connectivity index (χ4v) is 10.7. The summed E-state index contributed by atoms with van der Waals surface area (Å²) in [6.45, 7) is 21.0. The highest BCUT2D eigenvalue weighted by Crippen LogP contribution is 2.75. The molecule has 0 aromatic rings. The highest BCUT2D eigenvalue weighted by Gasteiger charge is 2.72. The monoisotopic (exact) mass is 504 g/mol. The zero-order valence-electron chi connectivity index (χ0n) is 24.7. The van der Waals surface area contributed by atoms with Crippen molar-refractivity contribution in [1.29, 1.82) is 0 Å². The fourth-order valence-electron chi connectivity index (χ4n) is 10.7. The lowest BCUT2D eigenvalue weighted by atomic mass is 9.34. The highest BCUT2D eigenvalue weighted by atomic mass is 16.5. The maximum Gasteiger partial charge on any atom is 0.0629 e. The summed E-state index contributed by atoms with van der Waals surface area (Å²) < 4.78 is 5.90. The van der Waals surface area contributed by atoms with E-state index in [9.17, 15) is 15.3 Å². The number of fused-ring (bicyclic) bond motifs is 5. The Morgan fingerprint density at radius 3 is 2.28 bits per heavy atom. The van der Waals surface area contributed by atoms with Crippen LogP contribution in [0.4, 0.5) is 0 Å². The van der Waals surface area contributed by atoms with Gasteiger partial charge in [0.15, 0.2) is 0 Å². The smallest absolute Gasteiger partial charge is 0.0629 e. The predicted octanol–water partition coefficient (Wildman–Crippen LogP) is 6.52. The van der Waals surface area contributed by atoms with Crippen molar-refractivity contribution in [2.24, 2.45) is 45.3 Å². The maximum atomic E-state index is 11.8. The Morgan fingerprint density at radius 1 is 0.972 bits per heavy atom. The van der Waals surface area contributed by atoms with Gasteiger partial charge in [0.2, 0.25) is 0 Å². The molecule has 0 saturated heterocycles. The summed E-state index contributed by atoms with van der Waals surface area (Å²) in [6.07, 6.45) is 8.89. The van der Waals surface area contributed by atoms with E-state index < -0.39 is 6.10 Å². The second kappa shape index (κ2) is 9.35. The third-order valence-corrected chi connectivity index (χ3v) is 12.6. The van der Waals surface area contributed by atoms with Crippen LogP contribution in [0.25, 0.3) is 0 Å². The van der Waals surface area contributed by atoms with Crippen LogP contribution in [0.2, 0.25) is 0 Å². The molecule has 4 saturated carbocycles. The second-order valence-corrected chi connectivity index (χ2v) is 15.2. The average Bonchev–Trinajstić information content (AvgIpc) is 3.12. The van der Waals surface area contributed by atoms with Crippen LogP contribution in [0, 0.1) is 45.3 Å². The molecule has 4 heteroatoms.